The van der Waals surface area contributed by atoms with Gasteiger partial charge in [-0.1, -0.05) is 30.9 Å². The van der Waals surface area contributed by atoms with Crippen LogP contribution in [0.25, 0.3) is 11.6 Å². The quantitative estimate of drug-likeness (QED) is 0.521. The number of hydrogen-bond acceptors (Lipinski definition) is 5. The van der Waals surface area contributed by atoms with Crippen molar-refractivity contribution in [1.29, 1.82) is 0 Å². The van der Waals surface area contributed by atoms with Crippen LogP contribution in [0, 0.1) is 0 Å². The summed E-state index contributed by atoms with van der Waals surface area (Å²) >= 11 is 0.970. The van der Waals surface area contributed by atoms with E-state index in [4.69, 9.17) is 4.74 Å². The molecule has 0 aliphatic carbocycles. The fourth-order valence-corrected chi connectivity index (χ4v) is 5.92. The van der Waals surface area contributed by atoms with Gasteiger partial charge in [0.2, 0.25) is 0 Å². The summed E-state index contributed by atoms with van der Waals surface area (Å²) < 4.78 is 32.6. The summed E-state index contributed by atoms with van der Waals surface area (Å²) in [6.45, 7) is 4.91. The van der Waals surface area contributed by atoms with Gasteiger partial charge in [-0.2, -0.15) is 4.31 Å². The molecule has 148 valence electrons. The van der Waals surface area contributed by atoms with E-state index < -0.39 is 16.0 Å². The standard InChI is InChI=1S/C20H21NO5S2/c1-2-13-26-17-8-4-3-7-15(17)14-16(20(22)23)18-9-10-19(27-18)28(24,25)21-11-5-6-12-21/h2-4,7-10,14H,1,5-6,11-13H2,(H,22,23)/b16-14-. The van der Waals surface area contributed by atoms with Crippen molar-refractivity contribution in [3.05, 3.63) is 59.5 Å². The van der Waals surface area contributed by atoms with Crippen LogP contribution in [0.15, 0.2) is 53.3 Å². The number of nitrogens with zero attached hydrogens (tertiary/aromatic N) is 1. The van der Waals surface area contributed by atoms with Crippen LogP contribution in [0.5, 0.6) is 5.75 Å². The van der Waals surface area contributed by atoms with E-state index in [1.165, 1.54) is 16.4 Å². The Morgan fingerprint density at radius 2 is 1.93 bits per heavy atom. The van der Waals surface area contributed by atoms with Gasteiger partial charge in [-0.05, 0) is 37.1 Å². The number of carboxylic acids is 1. The van der Waals surface area contributed by atoms with Crippen molar-refractivity contribution in [2.24, 2.45) is 0 Å². The molecule has 1 saturated heterocycles. The molecule has 2 aromatic rings. The fraction of sp³-hybridized carbons (Fsp3) is 0.250. The minimum absolute atomic E-state index is 0.0162. The molecule has 2 heterocycles. The molecule has 0 spiro atoms. The van der Waals surface area contributed by atoms with Gasteiger partial charge in [0, 0.05) is 23.5 Å². The maximum absolute atomic E-state index is 12.7. The van der Waals surface area contributed by atoms with Crippen LogP contribution in [-0.2, 0) is 14.8 Å². The second kappa shape index (κ2) is 8.72. The lowest BCUT2D eigenvalue weighted by Gasteiger charge is -2.13. The highest BCUT2D eigenvalue weighted by Gasteiger charge is 2.29. The molecule has 6 nitrogen and oxygen atoms in total. The van der Waals surface area contributed by atoms with E-state index in [1.54, 1.807) is 36.4 Å². The van der Waals surface area contributed by atoms with Crippen LogP contribution in [0.4, 0.5) is 0 Å². The average Bonchev–Trinajstić information content (AvgIpc) is 3.37. The van der Waals surface area contributed by atoms with Crippen molar-refractivity contribution in [3.8, 4) is 5.75 Å². The van der Waals surface area contributed by atoms with Gasteiger partial charge < -0.3 is 9.84 Å². The summed E-state index contributed by atoms with van der Waals surface area (Å²) in [7, 11) is -3.57. The maximum atomic E-state index is 12.7. The van der Waals surface area contributed by atoms with E-state index in [-0.39, 0.29) is 9.78 Å². The molecular weight excluding hydrogens is 398 g/mol. The smallest absolute Gasteiger partial charge is 0.337 e. The molecular formula is C20H21NO5S2. The highest BCUT2D eigenvalue weighted by Crippen LogP contribution is 2.33. The lowest BCUT2D eigenvalue weighted by atomic mass is 10.1. The molecule has 1 fully saturated rings. The van der Waals surface area contributed by atoms with Gasteiger partial charge in [0.1, 0.15) is 16.6 Å². The summed E-state index contributed by atoms with van der Waals surface area (Å²) in [5, 5.41) is 9.70. The predicted octanol–water partition coefficient (Wildman–Crippen LogP) is 3.72. The molecule has 8 heteroatoms. The third-order valence-corrected chi connectivity index (χ3v) is 7.80. The second-order valence-corrected chi connectivity index (χ2v) is 9.48. The van der Waals surface area contributed by atoms with E-state index in [1.807, 2.05) is 0 Å². The molecule has 1 aromatic heterocycles. The molecule has 1 N–H and O–H groups in total. The summed E-state index contributed by atoms with van der Waals surface area (Å²) in [6.07, 6.45) is 4.80. The Morgan fingerprint density at radius 1 is 1.21 bits per heavy atom. The van der Waals surface area contributed by atoms with Crippen molar-refractivity contribution in [1.82, 2.24) is 4.31 Å². The summed E-state index contributed by atoms with van der Waals surface area (Å²) in [6, 6.07) is 10.1. The molecule has 0 radical (unpaired) electrons. The van der Waals surface area contributed by atoms with Crippen molar-refractivity contribution in [3.63, 3.8) is 0 Å². The van der Waals surface area contributed by atoms with Gasteiger partial charge in [-0.3, -0.25) is 0 Å². The first-order valence-electron chi connectivity index (χ1n) is 8.81. The van der Waals surface area contributed by atoms with E-state index >= 15 is 0 Å². The number of benzene rings is 1. The molecule has 0 amide bonds. The largest absolute Gasteiger partial charge is 0.489 e. The Balaban J connectivity index is 1.96. The monoisotopic (exact) mass is 419 g/mol. The zero-order valence-electron chi connectivity index (χ0n) is 15.2. The van der Waals surface area contributed by atoms with Gasteiger partial charge in [0.05, 0.1) is 5.57 Å². The first-order valence-corrected chi connectivity index (χ1v) is 11.1. The zero-order chi connectivity index (χ0) is 20.1. The lowest BCUT2D eigenvalue weighted by Crippen LogP contribution is -2.27. The summed E-state index contributed by atoms with van der Waals surface area (Å²) in [5.41, 5.74) is 0.613. The number of rotatable bonds is 8. The molecule has 0 bridgehead atoms. The average molecular weight is 420 g/mol. The van der Waals surface area contributed by atoms with Crippen LogP contribution in [0.3, 0.4) is 0 Å². The van der Waals surface area contributed by atoms with Crippen LogP contribution in [0.1, 0.15) is 23.3 Å². The molecule has 0 atom stereocenters. The van der Waals surface area contributed by atoms with Crippen molar-refractivity contribution < 1.29 is 23.1 Å². The Bertz CT molecular complexity index is 1000. The number of hydrogen-bond donors (Lipinski definition) is 1. The first kappa shape index (κ1) is 20.3. The van der Waals surface area contributed by atoms with Crippen LogP contribution in [-0.4, -0.2) is 43.5 Å². The number of aliphatic carboxylic acids is 1. The topological polar surface area (TPSA) is 83.9 Å². The number of thiophene rings is 1. The Morgan fingerprint density at radius 3 is 2.61 bits per heavy atom. The van der Waals surface area contributed by atoms with E-state index in [2.05, 4.69) is 6.58 Å². The van der Waals surface area contributed by atoms with Gasteiger partial charge in [0.15, 0.2) is 0 Å². The van der Waals surface area contributed by atoms with Gasteiger partial charge in [0.25, 0.3) is 10.0 Å². The SMILES string of the molecule is C=CCOc1ccccc1/C=C(\C(=O)O)c1ccc(S(=O)(=O)N2CCCC2)s1. The number of sulfonamides is 1. The molecule has 1 aromatic carbocycles. The van der Waals surface area contributed by atoms with Crippen LogP contribution >= 0.6 is 11.3 Å². The fourth-order valence-electron chi connectivity index (χ4n) is 2.93. The molecule has 3 rings (SSSR count). The Labute approximate surface area is 168 Å². The predicted molar refractivity (Wildman–Crippen MR) is 110 cm³/mol. The van der Waals surface area contributed by atoms with E-state index in [0.29, 0.717) is 35.9 Å². The van der Waals surface area contributed by atoms with Crippen molar-refractivity contribution in [2.75, 3.05) is 19.7 Å². The maximum Gasteiger partial charge on any atom is 0.337 e. The number of ether oxygens (including phenoxy) is 1. The second-order valence-electron chi connectivity index (χ2n) is 6.23. The first-order chi connectivity index (χ1) is 13.4. The van der Waals surface area contributed by atoms with Crippen LogP contribution in [0.2, 0.25) is 0 Å². The highest BCUT2D eigenvalue weighted by atomic mass is 32.2. The summed E-state index contributed by atoms with van der Waals surface area (Å²) in [5.74, 6) is -0.604. The van der Waals surface area contributed by atoms with Crippen molar-refractivity contribution in [2.45, 2.75) is 17.1 Å². The van der Waals surface area contributed by atoms with Crippen LogP contribution < -0.4 is 4.74 Å². The minimum atomic E-state index is -3.57. The van der Waals surface area contributed by atoms with Crippen molar-refractivity contribution >= 4 is 39.0 Å². The molecule has 28 heavy (non-hydrogen) atoms. The third kappa shape index (κ3) is 4.35. The molecule has 0 saturated carbocycles. The number of carbonyl (C=O) groups is 1. The highest BCUT2D eigenvalue weighted by molar-refractivity contribution is 7.91. The van der Waals surface area contributed by atoms with Gasteiger partial charge in [-0.25, -0.2) is 13.2 Å². The Kier molecular flexibility index (Phi) is 6.33. The zero-order valence-corrected chi connectivity index (χ0v) is 16.8. The van der Waals surface area contributed by atoms with Gasteiger partial charge >= 0.3 is 5.97 Å². The minimum Gasteiger partial charge on any atom is -0.489 e. The Hall–Kier alpha value is -2.42. The molecule has 1 aliphatic heterocycles. The third-order valence-electron chi connectivity index (χ3n) is 4.31. The summed E-state index contributed by atoms with van der Waals surface area (Å²) in [4.78, 5) is 12.2. The van der Waals surface area contributed by atoms with E-state index in [0.717, 1.165) is 24.2 Å². The normalized spacial score (nSPS) is 15.5. The van der Waals surface area contributed by atoms with Gasteiger partial charge in [-0.15, -0.1) is 11.3 Å². The molecule has 0 unspecified atom stereocenters. The number of para-hydroxylation sites is 1. The lowest BCUT2D eigenvalue weighted by molar-refractivity contribution is -0.130. The van der Waals surface area contributed by atoms with E-state index in [9.17, 15) is 18.3 Å². The number of carboxylic acid groups (broad SMARTS) is 1. The molecule has 1 aliphatic rings.